The lowest BCUT2D eigenvalue weighted by Crippen LogP contribution is -2.57. The van der Waals surface area contributed by atoms with Gasteiger partial charge in [-0.1, -0.05) is 19.4 Å². The molecule has 0 unspecified atom stereocenters. The number of fused-ring (bicyclic) bond motifs is 5. The number of carbonyl (C=O) groups excluding carboxylic acids is 1. The average Bonchev–Trinajstić information content (AvgIpc) is 2.72. The maximum Gasteiger partial charge on any atom is 0.155 e. The van der Waals surface area contributed by atoms with Gasteiger partial charge in [-0.25, -0.2) is 0 Å². The molecular weight excluding hydrogens is 288 g/mol. The summed E-state index contributed by atoms with van der Waals surface area (Å²) in [6, 6.07) is 0. The van der Waals surface area contributed by atoms with E-state index in [1.165, 1.54) is 5.57 Å². The van der Waals surface area contributed by atoms with Crippen LogP contribution in [0.2, 0.25) is 0 Å². The van der Waals surface area contributed by atoms with Crippen LogP contribution in [0.3, 0.4) is 0 Å². The number of hydrogen-bond donors (Lipinski definition) is 2. The minimum absolute atomic E-state index is 0.0722. The topological polar surface area (TPSA) is 57.5 Å². The van der Waals surface area contributed by atoms with E-state index in [0.717, 1.165) is 32.1 Å². The van der Waals surface area contributed by atoms with Gasteiger partial charge in [-0.15, -0.1) is 0 Å². The first-order valence-corrected chi connectivity index (χ1v) is 9.33. The summed E-state index contributed by atoms with van der Waals surface area (Å²) in [5.74, 6) is 1.37. The number of ketones is 1. The predicted molar refractivity (Wildman–Crippen MR) is 88.7 cm³/mol. The fourth-order valence-electron chi connectivity index (χ4n) is 6.77. The van der Waals surface area contributed by atoms with E-state index in [9.17, 15) is 15.0 Å². The highest BCUT2D eigenvalue weighted by atomic mass is 16.3. The second-order valence-corrected chi connectivity index (χ2v) is 9.38. The zero-order chi connectivity index (χ0) is 16.6. The molecule has 4 rings (SSSR count). The van der Waals surface area contributed by atoms with Crippen molar-refractivity contribution in [3.8, 4) is 0 Å². The minimum atomic E-state index is -0.609. The molecule has 0 radical (unpaired) electrons. The minimum Gasteiger partial charge on any atom is -0.392 e. The van der Waals surface area contributed by atoms with E-state index >= 15 is 0 Å². The molecule has 4 aliphatic rings. The van der Waals surface area contributed by atoms with Crippen molar-refractivity contribution in [2.24, 2.45) is 28.6 Å². The Morgan fingerprint density at radius 2 is 1.78 bits per heavy atom. The maximum absolute atomic E-state index is 11.9. The van der Waals surface area contributed by atoms with Gasteiger partial charge in [-0.05, 0) is 80.1 Å². The van der Waals surface area contributed by atoms with Crippen LogP contribution in [-0.2, 0) is 4.79 Å². The lowest BCUT2D eigenvalue weighted by molar-refractivity contribution is -0.147. The van der Waals surface area contributed by atoms with Crippen LogP contribution >= 0.6 is 0 Å². The molecule has 4 aliphatic carbocycles. The first-order valence-electron chi connectivity index (χ1n) is 9.33. The van der Waals surface area contributed by atoms with Crippen molar-refractivity contribution >= 4 is 5.78 Å². The van der Waals surface area contributed by atoms with Crippen LogP contribution in [0, 0.1) is 28.6 Å². The first kappa shape index (κ1) is 15.8. The van der Waals surface area contributed by atoms with Gasteiger partial charge in [0.2, 0.25) is 0 Å². The molecule has 0 aliphatic heterocycles. The van der Waals surface area contributed by atoms with Gasteiger partial charge >= 0.3 is 0 Å². The van der Waals surface area contributed by atoms with Crippen molar-refractivity contribution in [2.45, 2.75) is 77.4 Å². The lowest BCUT2D eigenvalue weighted by atomic mass is 9.46. The van der Waals surface area contributed by atoms with Gasteiger partial charge in [0, 0.05) is 6.42 Å². The normalized spacial score (nSPS) is 55.7. The molecule has 0 spiro atoms. The van der Waals surface area contributed by atoms with Crippen LogP contribution in [0.5, 0.6) is 0 Å². The van der Waals surface area contributed by atoms with Crippen LogP contribution < -0.4 is 0 Å². The average molecular weight is 318 g/mol. The SMILES string of the molecule is C[C@]12CCC(=O)C=C1C[C@@H](O)[C@@H]1[C@@H]2CC[C@@]2(C)[C@H]1CC[C@@]2(C)O. The molecule has 0 bridgehead atoms. The van der Waals surface area contributed by atoms with Crippen LogP contribution in [-0.4, -0.2) is 27.7 Å². The van der Waals surface area contributed by atoms with E-state index in [2.05, 4.69) is 13.8 Å². The van der Waals surface area contributed by atoms with Crippen molar-refractivity contribution in [2.75, 3.05) is 0 Å². The number of carbonyl (C=O) groups is 1. The second kappa shape index (κ2) is 4.70. The fourth-order valence-corrected chi connectivity index (χ4v) is 6.77. The molecule has 0 heterocycles. The zero-order valence-electron chi connectivity index (χ0n) is 14.6. The van der Waals surface area contributed by atoms with Gasteiger partial charge in [0.1, 0.15) is 0 Å². The first-order chi connectivity index (χ1) is 10.7. The third-order valence-electron chi connectivity index (χ3n) is 8.55. The van der Waals surface area contributed by atoms with Gasteiger partial charge in [-0.3, -0.25) is 4.79 Å². The Morgan fingerprint density at radius 1 is 1.09 bits per heavy atom. The summed E-state index contributed by atoms with van der Waals surface area (Å²) in [7, 11) is 0. The molecule has 2 N–H and O–H groups in total. The summed E-state index contributed by atoms with van der Waals surface area (Å²) in [5, 5.41) is 21.9. The Kier molecular flexibility index (Phi) is 3.23. The van der Waals surface area contributed by atoms with Crippen molar-refractivity contribution in [3.63, 3.8) is 0 Å². The fraction of sp³-hybridized carbons (Fsp3) is 0.850. The van der Waals surface area contributed by atoms with Crippen molar-refractivity contribution < 1.29 is 15.0 Å². The molecular formula is C20H30O3. The van der Waals surface area contributed by atoms with Gasteiger partial charge < -0.3 is 10.2 Å². The standard InChI is InChI=1S/C20H30O3/c1-18-7-4-13(21)10-12(18)11-16(22)17-14(18)5-8-19(2)15(17)6-9-20(19,3)23/h10,14-17,22-23H,4-9,11H2,1-3H3/t14-,15-,16+,17+,18-,19-,20+/m0/s1. The summed E-state index contributed by atoms with van der Waals surface area (Å²) in [5.41, 5.74) is 0.586. The van der Waals surface area contributed by atoms with E-state index in [1.54, 1.807) is 0 Å². The van der Waals surface area contributed by atoms with Crippen molar-refractivity contribution in [1.29, 1.82) is 0 Å². The van der Waals surface area contributed by atoms with Crippen LogP contribution in [0.25, 0.3) is 0 Å². The van der Waals surface area contributed by atoms with E-state index in [1.807, 2.05) is 13.0 Å². The molecule has 7 atom stereocenters. The molecule has 3 saturated carbocycles. The zero-order valence-corrected chi connectivity index (χ0v) is 14.6. The lowest BCUT2D eigenvalue weighted by Gasteiger charge is -2.60. The molecule has 0 aromatic carbocycles. The number of aliphatic hydroxyl groups excluding tert-OH is 1. The van der Waals surface area contributed by atoms with Gasteiger partial charge in [-0.2, -0.15) is 0 Å². The van der Waals surface area contributed by atoms with Crippen molar-refractivity contribution in [1.82, 2.24) is 0 Å². The van der Waals surface area contributed by atoms with Crippen LogP contribution in [0.15, 0.2) is 11.6 Å². The Bertz CT molecular complexity index is 577. The highest BCUT2D eigenvalue weighted by Gasteiger charge is 2.64. The summed E-state index contributed by atoms with van der Waals surface area (Å²) >= 11 is 0. The van der Waals surface area contributed by atoms with E-state index < -0.39 is 5.60 Å². The molecule has 128 valence electrons. The summed E-state index contributed by atoms with van der Waals surface area (Å²) in [6.45, 7) is 6.56. The molecule has 3 nitrogen and oxygen atoms in total. The number of rotatable bonds is 0. The largest absolute Gasteiger partial charge is 0.392 e. The van der Waals surface area contributed by atoms with Crippen molar-refractivity contribution in [3.05, 3.63) is 11.6 Å². The molecule has 0 aromatic heterocycles. The summed E-state index contributed by atoms with van der Waals surface area (Å²) in [6.07, 6.45) is 7.69. The second-order valence-electron chi connectivity index (χ2n) is 9.38. The van der Waals surface area contributed by atoms with Gasteiger partial charge in [0.15, 0.2) is 5.78 Å². The van der Waals surface area contributed by atoms with Gasteiger partial charge in [0.05, 0.1) is 11.7 Å². The number of aliphatic hydroxyl groups is 2. The molecule has 3 heteroatoms. The van der Waals surface area contributed by atoms with Crippen LogP contribution in [0.4, 0.5) is 0 Å². The highest BCUT2D eigenvalue weighted by Crippen LogP contribution is 2.67. The number of hydrogen-bond acceptors (Lipinski definition) is 3. The Balaban J connectivity index is 1.74. The Morgan fingerprint density at radius 3 is 2.52 bits per heavy atom. The van der Waals surface area contributed by atoms with E-state index in [0.29, 0.717) is 24.7 Å². The summed E-state index contributed by atoms with van der Waals surface area (Å²) in [4.78, 5) is 11.9. The third-order valence-corrected chi connectivity index (χ3v) is 8.55. The molecule has 3 fully saturated rings. The third kappa shape index (κ3) is 1.93. The predicted octanol–water partition coefficient (Wildman–Crippen LogP) is 3.24. The monoisotopic (exact) mass is 318 g/mol. The highest BCUT2D eigenvalue weighted by molar-refractivity contribution is 5.91. The quantitative estimate of drug-likeness (QED) is 0.721. The van der Waals surface area contributed by atoms with Crippen LogP contribution in [0.1, 0.15) is 65.7 Å². The Hall–Kier alpha value is -0.670. The van der Waals surface area contributed by atoms with E-state index in [-0.39, 0.29) is 28.6 Å². The van der Waals surface area contributed by atoms with E-state index in [4.69, 9.17) is 0 Å². The maximum atomic E-state index is 11.9. The smallest absolute Gasteiger partial charge is 0.155 e. The van der Waals surface area contributed by atoms with Gasteiger partial charge in [0.25, 0.3) is 0 Å². The Labute approximate surface area is 139 Å². The molecule has 0 amide bonds. The molecule has 23 heavy (non-hydrogen) atoms. The summed E-state index contributed by atoms with van der Waals surface area (Å²) < 4.78 is 0. The molecule has 0 saturated heterocycles. The molecule has 0 aromatic rings.